The van der Waals surface area contributed by atoms with Crippen molar-refractivity contribution in [3.05, 3.63) is 11.5 Å². The minimum Gasteiger partial charge on any atom is -0.352 e. The van der Waals surface area contributed by atoms with Gasteiger partial charge in [0.15, 0.2) is 5.65 Å². The number of fused-ring (bicyclic) bond motifs is 1. The molecule has 1 amide bonds. The second-order valence-electron chi connectivity index (χ2n) is 5.68. The Labute approximate surface area is 129 Å². The second-order valence-corrected chi connectivity index (χ2v) is 6.33. The van der Waals surface area contributed by atoms with E-state index in [9.17, 15) is 4.79 Å². The number of carbonyl (C=O) groups excluding carboxylic acids is 1. The van der Waals surface area contributed by atoms with Gasteiger partial charge in [0.1, 0.15) is 17.4 Å². The lowest BCUT2D eigenvalue weighted by Gasteiger charge is -2.19. The van der Waals surface area contributed by atoms with Crippen molar-refractivity contribution in [1.29, 1.82) is 0 Å². The minimum absolute atomic E-state index is 0.0540. The fourth-order valence-corrected chi connectivity index (χ4v) is 2.65. The van der Waals surface area contributed by atoms with Crippen molar-refractivity contribution >= 4 is 28.7 Å². The molecule has 2 rings (SSSR count). The van der Waals surface area contributed by atoms with E-state index in [-0.39, 0.29) is 17.3 Å². The number of rotatable bonds is 4. The molecular formula is C14H22ClN5O. The number of carbonyl (C=O) groups is 1. The Hall–Kier alpha value is -1.56. The fourth-order valence-electron chi connectivity index (χ4n) is 2.50. The SMILES string of the molecule is Cc1nn(C)c2c1nc(C(C)Cl)n2C(C)C(=O)NC(C)C. The quantitative estimate of drug-likeness (QED) is 0.882. The maximum Gasteiger partial charge on any atom is 0.243 e. The van der Waals surface area contributed by atoms with Crippen LogP contribution in [-0.2, 0) is 11.8 Å². The standard InChI is InChI=1S/C14H22ClN5O/c1-7(2)16-13(21)10(5)20-12(8(3)15)17-11-9(4)18-19(6)14(11)20/h7-8,10H,1-6H3,(H,16,21). The van der Waals surface area contributed by atoms with Crippen LogP contribution >= 0.6 is 11.6 Å². The third-order valence-electron chi connectivity index (χ3n) is 3.42. The summed E-state index contributed by atoms with van der Waals surface area (Å²) in [7, 11) is 1.85. The number of alkyl halides is 1. The average Bonchev–Trinajstić information content (AvgIpc) is 2.87. The highest BCUT2D eigenvalue weighted by molar-refractivity contribution is 6.20. The molecule has 0 radical (unpaired) electrons. The molecule has 116 valence electrons. The van der Waals surface area contributed by atoms with E-state index in [2.05, 4.69) is 15.4 Å². The van der Waals surface area contributed by atoms with Gasteiger partial charge in [-0.3, -0.25) is 14.0 Å². The molecule has 2 heterocycles. The topological polar surface area (TPSA) is 64.7 Å². The van der Waals surface area contributed by atoms with Gasteiger partial charge in [0.2, 0.25) is 5.91 Å². The van der Waals surface area contributed by atoms with Crippen molar-refractivity contribution in [2.75, 3.05) is 0 Å². The molecule has 0 spiro atoms. The molecule has 2 aromatic heterocycles. The summed E-state index contributed by atoms with van der Waals surface area (Å²) in [5, 5.41) is 7.01. The van der Waals surface area contributed by atoms with Crippen molar-refractivity contribution in [3.63, 3.8) is 0 Å². The highest BCUT2D eigenvalue weighted by Gasteiger charge is 2.27. The van der Waals surface area contributed by atoms with E-state index in [1.807, 2.05) is 46.2 Å². The van der Waals surface area contributed by atoms with Crippen LogP contribution < -0.4 is 5.32 Å². The van der Waals surface area contributed by atoms with Gasteiger partial charge in [-0.2, -0.15) is 5.10 Å². The maximum absolute atomic E-state index is 12.4. The van der Waals surface area contributed by atoms with Gasteiger partial charge in [0.05, 0.1) is 11.1 Å². The Balaban J connectivity index is 2.59. The van der Waals surface area contributed by atoms with Gasteiger partial charge in [-0.25, -0.2) is 4.98 Å². The van der Waals surface area contributed by atoms with Gasteiger partial charge in [0.25, 0.3) is 0 Å². The minimum atomic E-state index is -0.400. The van der Waals surface area contributed by atoms with Gasteiger partial charge in [-0.15, -0.1) is 11.6 Å². The summed E-state index contributed by atoms with van der Waals surface area (Å²) in [6.45, 7) is 9.49. The Morgan fingerprint density at radius 3 is 2.43 bits per heavy atom. The summed E-state index contributed by atoms with van der Waals surface area (Å²) in [6, 6.07) is -0.312. The van der Waals surface area contributed by atoms with Crippen molar-refractivity contribution in [2.24, 2.45) is 7.05 Å². The number of aryl methyl sites for hydroxylation is 2. The molecule has 2 aromatic rings. The zero-order chi connectivity index (χ0) is 15.9. The van der Waals surface area contributed by atoms with Crippen LogP contribution in [-0.4, -0.2) is 31.3 Å². The molecule has 21 heavy (non-hydrogen) atoms. The average molecular weight is 312 g/mol. The van der Waals surface area contributed by atoms with Crippen LogP contribution in [0.5, 0.6) is 0 Å². The van der Waals surface area contributed by atoms with Crippen molar-refractivity contribution in [2.45, 2.75) is 52.1 Å². The number of aromatic nitrogens is 4. The van der Waals surface area contributed by atoms with Gasteiger partial charge in [-0.05, 0) is 34.6 Å². The predicted octanol–water partition coefficient (Wildman–Crippen LogP) is 2.46. The second kappa shape index (κ2) is 5.67. The molecular weight excluding hydrogens is 290 g/mol. The van der Waals surface area contributed by atoms with Crippen molar-refractivity contribution < 1.29 is 4.79 Å². The lowest BCUT2D eigenvalue weighted by molar-refractivity contribution is -0.124. The highest BCUT2D eigenvalue weighted by atomic mass is 35.5. The monoisotopic (exact) mass is 311 g/mol. The van der Waals surface area contributed by atoms with Crippen LogP contribution in [0.1, 0.15) is 50.6 Å². The summed E-state index contributed by atoms with van der Waals surface area (Å²) in [5.41, 5.74) is 2.45. The number of hydrogen-bond donors (Lipinski definition) is 1. The Kier molecular flexibility index (Phi) is 4.27. The molecule has 2 unspecified atom stereocenters. The number of nitrogens with one attached hydrogen (secondary N) is 1. The number of hydrogen-bond acceptors (Lipinski definition) is 3. The molecule has 0 bridgehead atoms. The first-order valence-electron chi connectivity index (χ1n) is 7.09. The summed E-state index contributed by atoms with van der Waals surface area (Å²) >= 11 is 6.25. The van der Waals surface area contributed by atoms with Crippen LogP contribution in [0.15, 0.2) is 0 Å². The van der Waals surface area contributed by atoms with Gasteiger partial charge >= 0.3 is 0 Å². The largest absolute Gasteiger partial charge is 0.352 e. The van der Waals surface area contributed by atoms with E-state index in [0.717, 1.165) is 16.9 Å². The summed E-state index contributed by atoms with van der Waals surface area (Å²) in [4.78, 5) is 16.9. The Morgan fingerprint density at radius 1 is 1.29 bits per heavy atom. The van der Waals surface area contributed by atoms with E-state index in [1.54, 1.807) is 4.68 Å². The van der Waals surface area contributed by atoms with E-state index in [1.165, 1.54) is 0 Å². The molecule has 7 heteroatoms. The summed E-state index contributed by atoms with van der Waals surface area (Å²) < 4.78 is 3.63. The first-order valence-corrected chi connectivity index (χ1v) is 7.53. The smallest absolute Gasteiger partial charge is 0.243 e. The third-order valence-corrected chi connectivity index (χ3v) is 3.61. The van der Waals surface area contributed by atoms with Crippen LogP contribution in [0.4, 0.5) is 0 Å². The molecule has 0 saturated carbocycles. The summed E-state index contributed by atoms with van der Waals surface area (Å²) in [6.07, 6.45) is 0. The summed E-state index contributed by atoms with van der Waals surface area (Å²) in [5.74, 6) is 0.635. The molecule has 0 aliphatic rings. The Bertz CT molecular complexity index is 670. The van der Waals surface area contributed by atoms with Gasteiger partial charge < -0.3 is 5.32 Å². The number of imidazole rings is 1. The van der Waals surface area contributed by atoms with Crippen LogP contribution in [0.25, 0.3) is 11.2 Å². The molecule has 0 aliphatic carbocycles. The first-order chi connectivity index (χ1) is 9.73. The number of amides is 1. The number of nitrogens with zero attached hydrogens (tertiary/aromatic N) is 4. The predicted molar refractivity (Wildman–Crippen MR) is 83.5 cm³/mol. The van der Waals surface area contributed by atoms with Gasteiger partial charge in [-0.1, -0.05) is 0 Å². The maximum atomic E-state index is 12.4. The van der Waals surface area contributed by atoms with E-state index < -0.39 is 6.04 Å². The van der Waals surface area contributed by atoms with Crippen LogP contribution in [0.2, 0.25) is 0 Å². The van der Waals surface area contributed by atoms with E-state index in [4.69, 9.17) is 11.6 Å². The molecule has 0 aliphatic heterocycles. The zero-order valence-corrected chi connectivity index (χ0v) is 14.1. The van der Waals surface area contributed by atoms with Crippen molar-refractivity contribution in [1.82, 2.24) is 24.6 Å². The van der Waals surface area contributed by atoms with Crippen LogP contribution in [0, 0.1) is 6.92 Å². The first kappa shape index (κ1) is 15.8. The lowest BCUT2D eigenvalue weighted by Crippen LogP contribution is -2.36. The van der Waals surface area contributed by atoms with E-state index in [0.29, 0.717) is 5.82 Å². The number of halogens is 1. The van der Waals surface area contributed by atoms with Crippen molar-refractivity contribution in [3.8, 4) is 0 Å². The molecule has 6 nitrogen and oxygen atoms in total. The van der Waals surface area contributed by atoms with Crippen LogP contribution in [0.3, 0.4) is 0 Å². The lowest BCUT2D eigenvalue weighted by atomic mass is 10.2. The van der Waals surface area contributed by atoms with E-state index >= 15 is 0 Å². The highest BCUT2D eigenvalue weighted by Crippen LogP contribution is 2.29. The third kappa shape index (κ3) is 2.77. The zero-order valence-electron chi connectivity index (χ0n) is 13.3. The molecule has 0 aromatic carbocycles. The molecule has 1 N–H and O–H groups in total. The normalized spacial score (nSPS) is 14.7. The molecule has 0 fully saturated rings. The molecule has 2 atom stereocenters. The fraction of sp³-hybridized carbons (Fsp3) is 0.643. The Morgan fingerprint density at radius 2 is 1.90 bits per heavy atom. The van der Waals surface area contributed by atoms with Gasteiger partial charge in [0, 0.05) is 13.1 Å². The molecule has 0 saturated heterocycles.